The summed E-state index contributed by atoms with van der Waals surface area (Å²) < 4.78 is 5.33. The van der Waals surface area contributed by atoms with Gasteiger partial charge in [-0.2, -0.15) is 5.10 Å². The maximum atomic E-state index is 12.8. The van der Waals surface area contributed by atoms with E-state index in [1.807, 2.05) is 25.7 Å². The number of nitrogens with zero attached hydrogens (tertiary/aromatic N) is 2. The third-order valence-electron chi connectivity index (χ3n) is 4.99. The van der Waals surface area contributed by atoms with E-state index in [-0.39, 0.29) is 11.4 Å². The van der Waals surface area contributed by atoms with Crippen molar-refractivity contribution in [3.63, 3.8) is 0 Å². The van der Waals surface area contributed by atoms with Crippen LogP contribution < -0.4 is 5.32 Å². The van der Waals surface area contributed by atoms with Gasteiger partial charge in [-0.25, -0.2) is 4.79 Å². The highest BCUT2D eigenvalue weighted by atomic mass is 16.6. The van der Waals surface area contributed by atoms with Gasteiger partial charge in [0.05, 0.1) is 5.54 Å². The molecule has 24 heavy (non-hydrogen) atoms. The molecule has 0 spiro atoms. The summed E-state index contributed by atoms with van der Waals surface area (Å²) in [5.74, 6) is 0.517. The average Bonchev–Trinajstić information content (AvgIpc) is 3.06. The molecular weight excluding hydrogens is 308 g/mol. The van der Waals surface area contributed by atoms with Crippen molar-refractivity contribution < 1.29 is 14.3 Å². The predicted molar refractivity (Wildman–Crippen MR) is 88.5 cm³/mol. The Kier molecular flexibility index (Phi) is 4.27. The number of nitrogens with one attached hydrogen (secondary N) is 2. The van der Waals surface area contributed by atoms with Crippen molar-refractivity contribution in [3.8, 4) is 0 Å². The lowest BCUT2D eigenvalue weighted by atomic mass is 9.70. The van der Waals surface area contributed by atoms with E-state index in [0.717, 1.165) is 32.2 Å². The normalized spacial score (nSPS) is 26.3. The van der Waals surface area contributed by atoms with E-state index in [2.05, 4.69) is 15.5 Å². The van der Waals surface area contributed by atoms with Crippen LogP contribution in [0.2, 0.25) is 0 Å². The van der Waals surface area contributed by atoms with E-state index in [9.17, 15) is 9.59 Å². The quantitative estimate of drug-likeness (QED) is 0.888. The SMILES string of the molecule is CC(C)(C)OC(=O)NCC12CCC(CC1)CN2C(=O)c1ccn[nH]1. The lowest BCUT2D eigenvalue weighted by Gasteiger charge is -2.54. The summed E-state index contributed by atoms with van der Waals surface area (Å²) >= 11 is 0. The fourth-order valence-corrected chi connectivity index (χ4v) is 3.76. The van der Waals surface area contributed by atoms with Gasteiger partial charge in [0.15, 0.2) is 0 Å². The number of alkyl carbamates (subject to hydrolysis) is 1. The first-order chi connectivity index (χ1) is 11.3. The van der Waals surface area contributed by atoms with Gasteiger partial charge in [-0.1, -0.05) is 0 Å². The molecule has 2 amide bonds. The smallest absolute Gasteiger partial charge is 0.407 e. The third kappa shape index (κ3) is 3.39. The predicted octanol–water partition coefficient (Wildman–Crippen LogP) is 2.32. The second-order valence-electron chi connectivity index (χ2n) is 7.91. The van der Waals surface area contributed by atoms with Crippen molar-refractivity contribution in [1.82, 2.24) is 20.4 Å². The van der Waals surface area contributed by atoms with Gasteiger partial charge >= 0.3 is 6.09 Å². The summed E-state index contributed by atoms with van der Waals surface area (Å²) in [6.45, 7) is 6.68. The largest absolute Gasteiger partial charge is 0.444 e. The summed E-state index contributed by atoms with van der Waals surface area (Å²) in [4.78, 5) is 26.8. The lowest BCUT2D eigenvalue weighted by Crippen LogP contribution is -2.64. The van der Waals surface area contributed by atoms with Crippen LogP contribution in [0, 0.1) is 5.92 Å². The zero-order valence-corrected chi connectivity index (χ0v) is 14.6. The number of amides is 2. The van der Waals surface area contributed by atoms with Crippen LogP contribution in [0.15, 0.2) is 12.3 Å². The van der Waals surface area contributed by atoms with Gasteiger partial charge in [-0.3, -0.25) is 9.89 Å². The van der Waals surface area contributed by atoms with Gasteiger partial charge in [0.1, 0.15) is 11.3 Å². The highest BCUT2D eigenvalue weighted by molar-refractivity contribution is 5.93. The summed E-state index contributed by atoms with van der Waals surface area (Å²) in [6, 6.07) is 1.69. The number of H-pyrrole nitrogens is 1. The molecule has 7 heteroatoms. The van der Waals surface area contributed by atoms with Gasteiger partial charge in [0, 0.05) is 19.3 Å². The molecule has 4 rings (SSSR count). The van der Waals surface area contributed by atoms with Crippen LogP contribution in [0.1, 0.15) is 56.9 Å². The number of aromatic amines is 1. The van der Waals surface area contributed by atoms with Crippen molar-refractivity contribution in [2.24, 2.45) is 5.92 Å². The Labute approximate surface area is 142 Å². The van der Waals surface area contributed by atoms with Gasteiger partial charge < -0.3 is 15.0 Å². The van der Waals surface area contributed by atoms with E-state index in [0.29, 0.717) is 18.2 Å². The molecule has 7 nitrogen and oxygen atoms in total. The highest BCUT2D eigenvalue weighted by Crippen LogP contribution is 2.43. The first kappa shape index (κ1) is 16.8. The molecule has 1 aromatic rings. The molecule has 0 aromatic carbocycles. The number of aromatic nitrogens is 2. The van der Waals surface area contributed by atoms with Crippen molar-refractivity contribution in [3.05, 3.63) is 18.0 Å². The van der Waals surface area contributed by atoms with Crippen LogP contribution in [0.5, 0.6) is 0 Å². The first-order valence-corrected chi connectivity index (χ1v) is 8.57. The molecule has 2 bridgehead atoms. The number of carbonyl (C=O) groups excluding carboxylic acids is 2. The number of hydrogen-bond acceptors (Lipinski definition) is 4. The van der Waals surface area contributed by atoms with Gasteiger partial charge in [0.2, 0.25) is 0 Å². The second-order valence-corrected chi connectivity index (χ2v) is 7.91. The monoisotopic (exact) mass is 334 g/mol. The zero-order valence-electron chi connectivity index (χ0n) is 14.6. The maximum Gasteiger partial charge on any atom is 0.407 e. The van der Waals surface area contributed by atoms with Gasteiger partial charge in [0.25, 0.3) is 5.91 Å². The summed E-state index contributed by atoms with van der Waals surface area (Å²) in [6.07, 6.45) is 5.17. The van der Waals surface area contributed by atoms with E-state index in [1.54, 1.807) is 12.3 Å². The topological polar surface area (TPSA) is 87.3 Å². The summed E-state index contributed by atoms with van der Waals surface area (Å²) in [5, 5.41) is 9.50. The number of piperidine rings is 2. The zero-order chi connectivity index (χ0) is 17.4. The van der Waals surface area contributed by atoms with Crippen LogP contribution in [-0.4, -0.2) is 51.3 Å². The van der Waals surface area contributed by atoms with E-state index in [1.165, 1.54) is 0 Å². The Hall–Kier alpha value is -2.05. The molecule has 2 aliphatic heterocycles. The first-order valence-electron chi connectivity index (χ1n) is 8.57. The van der Waals surface area contributed by atoms with Crippen molar-refractivity contribution in [2.75, 3.05) is 13.1 Å². The number of rotatable bonds is 3. The fraction of sp³-hybridized carbons (Fsp3) is 0.706. The molecule has 3 heterocycles. The van der Waals surface area contributed by atoms with Crippen molar-refractivity contribution in [2.45, 2.75) is 57.6 Å². The molecule has 1 saturated carbocycles. The number of hydrogen-bond donors (Lipinski definition) is 2. The van der Waals surface area contributed by atoms with Gasteiger partial charge in [-0.05, 0) is 58.4 Å². The van der Waals surface area contributed by atoms with E-state index >= 15 is 0 Å². The highest BCUT2D eigenvalue weighted by Gasteiger charge is 2.48. The Morgan fingerprint density at radius 1 is 1.42 bits per heavy atom. The molecule has 3 aliphatic rings. The fourth-order valence-electron chi connectivity index (χ4n) is 3.76. The van der Waals surface area contributed by atoms with Crippen LogP contribution in [0.25, 0.3) is 0 Å². The summed E-state index contributed by atoms with van der Waals surface area (Å²) in [5.41, 5.74) is -0.357. The molecule has 3 fully saturated rings. The Morgan fingerprint density at radius 2 is 2.12 bits per heavy atom. The molecule has 1 aromatic heterocycles. The van der Waals surface area contributed by atoms with E-state index < -0.39 is 11.7 Å². The Balaban J connectivity index is 1.72. The number of fused-ring (bicyclic) bond motifs is 3. The van der Waals surface area contributed by atoms with Crippen molar-refractivity contribution >= 4 is 12.0 Å². The van der Waals surface area contributed by atoms with Crippen LogP contribution in [0.3, 0.4) is 0 Å². The molecule has 0 atom stereocenters. The standard InChI is InChI=1S/C17H26N4O3/c1-16(2,3)24-15(23)18-11-17-7-4-12(5-8-17)10-21(17)14(22)13-6-9-19-20-13/h6,9,12H,4-5,7-8,10-11H2,1-3H3,(H,18,23)(H,19,20). The van der Waals surface area contributed by atoms with Crippen LogP contribution >= 0.6 is 0 Å². The minimum atomic E-state index is -0.530. The second kappa shape index (κ2) is 6.11. The lowest BCUT2D eigenvalue weighted by molar-refractivity contribution is -0.0217. The average molecular weight is 334 g/mol. The van der Waals surface area contributed by atoms with Crippen LogP contribution in [0.4, 0.5) is 4.79 Å². The molecule has 1 aliphatic carbocycles. The Morgan fingerprint density at radius 3 is 2.71 bits per heavy atom. The minimum absolute atomic E-state index is 0.0390. The van der Waals surface area contributed by atoms with Crippen molar-refractivity contribution in [1.29, 1.82) is 0 Å². The molecule has 2 saturated heterocycles. The Bertz CT molecular complexity index is 598. The molecular formula is C17H26N4O3. The minimum Gasteiger partial charge on any atom is -0.444 e. The molecule has 0 unspecified atom stereocenters. The van der Waals surface area contributed by atoms with Gasteiger partial charge in [-0.15, -0.1) is 0 Å². The third-order valence-corrected chi connectivity index (χ3v) is 4.99. The summed E-state index contributed by atoms with van der Waals surface area (Å²) in [7, 11) is 0. The molecule has 132 valence electrons. The molecule has 0 radical (unpaired) electrons. The number of ether oxygens (including phenoxy) is 1. The van der Waals surface area contributed by atoms with Crippen LogP contribution in [-0.2, 0) is 4.74 Å². The maximum absolute atomic E-state index is 12.8. The van der Waals surface area contributed by atoms with E-state index in [4.69, 9.17) is 4.74 Å². The number of carbonyl (C=O) groups is 2. The molecule has 2 N–H and O–H groups in total.